The van der Waals surface area contributed by atoms with E-state index in [1.807, 2.05) is 6.07 Å². The number of amides is 4. The highest BCUT2D eigenvalue weighted by atomic mass is 32.2. The quantitative estimate of drug-likeness (QED) is 0.180. The molecular formula is C25H28N4O10S. The molecule has 2 rings (SSSR count). The molecule has 0 aliphatic rings. The molecule has 0 radical (unpaired) electrons. The van der Waals surface area contributed by atoms with E-state index in [0.717, 1.165) is 11.6 Å². The third-order valence-corrected chi connectivity index (χ3v) is 5.59. The average molecular weight is 577 g/mol. The summed E-state index contributed by atoms with van der Waals surface area (Å²) in [6, 6.07) is 15.2. The van der Waals surface area contributed by atoms with Gasteiger partial charge in [-0.2, -0.15) is 8.42 Å². The fourth-order valence-corrected chi connectivity index (χ4v) is 3.67. The van der Waals surface area contributed by atoms with Crippen LogP contribution in [0, 0.1) is 0 Å². The van der Waals surface area contributed by atoms with Crippen LogP contribution >= 0.6 is 0 Å². The molecule has 0 bridgehead atoms. The van der Waals surface area contributed by atoms with Crippen molar-refractivity contribution in [3.8, 4) is 5.75 Å². The Hall–Kier alpha value is -4.92. The van der Waals surface area contributed by atoms with Crippen LogP contribution in [0.1, 0.15) is 12.0 Å². The van der Waals surface area contributed by atoms with Crippen LogP contribution in [0.5, 0.6) is 5.75 Å². The van der Waals surface area contributed by atoms with E-state index in [1.54, 1.807) is 42.5 Å². The SMILES string of the molecule is O=C(O)CC(/C=C/S(=O)(=O)Oc1ccccc1)NC(=O)CNC(=O)CNC(=O)CNC(=O)OCc1ccccc1. The first kappa shape index (κ1) is 31.3. The standard InChI is InChI=1S/C25H28N4O10S/c30-21(14-26-22(31)15-28-25(35)38-17-18-7-3-1-4-8-18)27-16-23(32)29-19(13-24(33)34)11-12-40(36,37)39-20-9-5-2-6-10-20/h1-12,19H,13-17H2,(H,26,31)(H,27,30)(H,28,35)(H,29,32)(H,33,34)/b12-11+. The largest absolute Gasteiger partial charge is 0.481 e. The highest BCUT2D eigenvalue weighted by Crippen LogP contribution is 2.12. The lowest BCUT2D eigenvalue weighted by molar-refractivity contribution is -0.137. The second-order valence-corrected chi connectivity index (χ2v) is 9.38. The predicted octanol–water partition coefficient (Wildman–Crippen LogP) is 0.0272. The number of alkyl carbamates (subject to hydrolysis) is 1. The number of para-hydroxylation sites is 1. The van der Waals surface area contributed by atoms with Gasteiger partial charge in [-0.1, -0.05) is 48.5 Å². The molecule has 0 fully saturated rings. The highest BCUT2D eigenvalue weighted by molar-refractivity contribution is 7.90. The van der Waals surface area contributed by atoms with Crippen LogP contribution in [0.2, 0.25) is 0 Å². The molecule has 0 spiro atoms. The van der Waals surface area contributed by atoms with Gasteiger partial charge >= 0.3 is 22.2 Å². The van der Waals surface area contributed by atoms with Gasteiger partial charge in [-0.3, -0.25) is 19.2 Å². The molecule has 14 nitrogen and oxygen atoms in total. The van der Waals surface area contributed by atoms with Crippen molar-refractivity contribution in [1.82, 2.24) is 21.3 Å². The van der Waals surface area contributed by atoms with Crippen LogP contribution < -0.4 is 25.5 Å². The van der Waals surface area contributed by atoms with Crippen LogP contribution in [0.3, 0.4) is 0 Å². The van der Waals surface area contributed by atoms with Crippen LogP contribution in [-0.4, -0.2) is 69.0 Å². The lowest BCUT2D eigenvalue weighted by atomic mass is 10.2. The van der Waals surface area contributed by atoms with E-state index in [9.17, 15) is 32.4 Å². The molecule has 0 aromatic heterocycles. The summed E-state index contributed by atoms with van der Waals surface area (Å²) in [5, 5.41) is 18.6. The van der Waals surface area contributed by atoms with E-state index in [1.165, 1.54) is 12.1 Å². The maximum Gasteiger partial charge on any atom is 0.407 e. The van der Waals surface area contributed by atoms with Crippen LogP contribution in [0.15, 0.2) is 72.1 Å². The maximum absolute atomic E-state index is 12.2. The number of carboxylic acid groups (broad SMARTS) is 1. The Morgan fingerprint density at radius 1 is 0.800 bits per heavy atom. The van der Waals surface area contributed by atoms with Crippen molar-refractivity contribution in [2.75, 3.05) is 19.6 Å². The van der Waals surface area contributed by atoms with E-state index in [0.29, 0.717) is 5.41 Å². The first-order valence-corrected chi connectivity index (χ1v) is 13.2. The molecule has 1 unspecified atom stereocenters. The maximum atomic E-state index is 12.2. The van der Waals surface area contributed by atoms with E-state index in [2.05, 4.69) is 21.3 Å². The summed E-state index contributed by atoms with van der Waals surface area (Å²) in [7, 11) is -4.24. The normalized spacial score (nSPS) is 11.6. The summed E-state index contributed by atoms with van der Waals surface area (Å²) in [6.45, 7) is -1.54. The molecule has 0 saturated heterocycles. The molecule has 0 aliphatic heterocycles. The minimum atomic E-state index is -4.24. The van der Waals surface area contributed by atoms with Crippen LogP contribution in [0.4, 0.5) is 4.79 Å². The Morgan fingerprint density at radius 2 is 1.35 bits per heavy atom. The Balaban J connectivity index is 1.71. The van der Waals surface area contributed by atoms with Crippen molar-refractivity contribution < 1.29 is 46.4 Å². The Morgan fingerprint density at radius 3 is 1.95 bits per heavy atom. The highest BCUT2D eigenvalue weighted by Gasteiger charge is 2.17. The molecular weight excluding hydrogens is 548 g/mol. The smallest absolute Gasteiger partial charge is 0.407 e. The summed E-state index contributed by atoms with van der Waals surface area (Å²) in [6.07, 6.45) is -0.539. The van der Waals surface area contributed by atoms with E-state index in [4.69, 9.17) is 14.0 Å². The molecule has 0 heterocycles. The molecule has 5 N–H and O–H groups in total. The third kappa shape index (κ3) is 13.6. The minimum Gasteiger partial charge on any atom is -0.481 e. The van der Waals surface area contributed by atoms with Gasteiger partial charge in [-0.05, 0) is 23.8 Å². The number of carboxylic acids is 1. The topological polar surface area (TPSA) is 206 Å². The monoisotopic (exact) mass is 576 g/mol. The molecule has 4 amide bonds. The number of hydrogen-bond acceptors (Lipinski definition) is 9. The number of carbonyl (C=O) groups is 5. The number of ether oxygens (including phenoxy) is 1. The fourth-order valence-electron chi connectivity index (χ4n) is 2.85. The van der Waals surface area contributed by atoms with E-state index in [-0.39, 0.29) is 12.4 Å². The van der Waals surface area contributed by atoms with E-state index >= 15 is 0 Å². The summed E-state index contributed by atoms with van der Waals surface area (Å²) in [5.74, 6) is -3.54. The second-order valence-electron chi connectivity index (χ2n) is 7.96. The molecule has 2 aromatic rings. The second kappa shape index (κ2) is 16.1. The zero-order valence-electron chi connectivity index (χ0n) is 21.1. The Labute approximate surface area is 229 Å². The summed E-state index contributed by atoms with van der Waals surface area (Å²) in [4.78, 5) is 58.7. The van der Waals surface area contributed by atoms with Crippen molar-refractivity contribution in [2.45, 2.75) is 19.1 Å². The summed E-state index contributed by atoms with van der Waals surface area (Å²) < 4.78 is 34.0. The zero-order chi connectivity index (χ0) is 29.4. The molecule has 0 aliphatic carbocycles. The molecule has 1 atom stereocenters. The van der Waals surface area contributed by atoms with Gasteiger partial charge in [-0.15, -0.1) is 0 Å². The Kier molecular flexibility index (Phi) is 12.6. The molecule has 40 heavy (non-hydrogen) atoms. The number of benzene rings is 2. The number of hydrogen-bond donors (Lipinski definition) is 5. The zero-order valence-corrected chi connectivity index (χ0v) is 21.9. The first-order chi connectivity index (χ1) is 19.0. The van der Waals surface area contributed by atoms with Crippen molar-refractivity contribution in [3.05, 3.63) is 77.7 Å². The molecule has 2 aromatic carbocycles. The van der Waals surface area contributed by atoms with Crippen molar-refractivity contribution in [2.24, 2.45) is 0 Å². The number of nitrogens with one attached hydrogen (secondary N) is 4. The van der Waals surface area contributed by atoms with Gasteiger partial charge in [-0.25, -0.2) is 4.79 Å². The van der Waals surface area contributed by atoms with Crippen molar-refractivity contribution in [1.29, 1.82) is 0 Å². The minimum absolute atomic E-state index is 0.0130. The summed E-state index contributed by atoms with van der Waals surface area (Å²) >= 11 is 0. The lowest BCUT2D eigenvalue weighted by Gasteiger charge is -2.14. The van der Waals surface area contributed by atoms with Crippen LogP contribution in [0.25, 0.3) is 0 Å². The van der Waals surface area contributed by atoms with Gasteiger partial charge in [0.15, 0.2) is 0 Å². The third-order valence-electron chi connectivity index (χ3n) is 4.67. The number of aliphatic carboxylic acids is 1. The van der Waals surface area contributed by atoms with Crippen molar-refractivity contribution in [3.63, 3.8) is 0 Å². The van der Waals surface area contributed by atoms with Gasteiger partial charge in [0.05, 0.1) is 31.0 Å². The van der Waals surface area contributed by atoms with Gasteiger partial charge in [0, 0.05) is 0 Å². The molecule has 15 heteroatoms. The van der Waals surface area contributed by atoms with Gasteiger partial charge in [0.25, 0.3) is 0 Å². The fraction of sp³-hybridized carbons (Fsp3) is 0.240. The first-order valence-electron chi connectivity index (χ1n) is 11.7. The average Bonchev–Trinajstić information content (AvgIpc) is 2.92. The van der Waals surface area contributed by atoms with Crippen LogP contribution in [-0.2, 0) is 40.6 Å². The predicted molar refractivity (Wildman–Crippen MR) is 140 cm³/mol. The van der Waals surface area contributed by atoms with Gasteiger partial charge in [0.1, 0.15) is 18.9 Å². The number of carbonyl (C=O) groups excluding carboxylic acids is 4. The summed E-state index contributed by atoms with van der Waals surface area (Å²) in [5.41, 5.74) is 0.759. The number of rotatable bonds is 15. The van der Waals surface area contributed by atoms with Gasteiger partial charge < -0.3 is 35.3 Å². The molecule has 0 saturated carbocycles. The van der Waals surface area contributed by atoms with E-state index < -0.39 is 72.0 Å². The van der Waals surface area contributed by atoms with Crippen molar-refractivity contribution >= 4 is 39.9 Å². The Bertz CT molecular complexity index is 1300. The lowest BCUT2D eigenvalue weighted by Crippen LogP contribution is -2.46. The van der Waals surface area contributed by atoms with Gasteiger partial charge in [0.2, 0.25) is 17.7 Å². The molecule has 214 valence electrons.